The van der Waals surface area contributed by atoms with Gasteiger partial charge in [0.05, 0.1) is 18.4 Å². The van der Waals surface area contributed by atoms with Crippen molar-refractivity contribution in [2.45, 2.75) is 26.4 Å². The second-order valence-electron chi connectivity index (χ2n) is 5.53. The van der Waals surface area contributed by atoms with Crippen molar-refractivity contribution in [1.29, 1.82) is 0 Å². The van der Waals surface area contributed by atoms with E-state index in [4.69, 9.17) is 9.47 Å². The number of aromatic nitrogens is 3. The fraction of sp³-hybridized carbons (Fsp3) is 0.600. The molecule has 2 aromatic heterocycles. The third kappa shape index (κ3) is 3.01. The largest absolute Gasteiger partial charge is 0.385 e. The van der Waals surface area contributed by atoms with Gasteiger partial charge in [-0.15, -0.1) is 0 Å². The lowest BCUT2D eigenvalue weighted by Gasteiger charge is -2.34. The highest BCUT2D eigenvalue weighted by Crippen LogP contribution is 2.21. The van der Waals surface area contributed by atoms with Crippen molar-refractivity contribution in [3.63, 3.8) is 0 Å². The molecule has 0 aromatic carbocycles. The van der Waals surface area contributed by atoms with Crippen LogP contribution >= 0.6 is 0 Å². The van der Waals surface area contributed by atoms with E-state index >= 15 is 0 Å². The standard InChI is InChI=1S/C15H22N4O2/c1-11-9-15(19-14(16-11)8-12(2)17-19)18-5-7-21-13(10-18)4-6-20-3/h8-9,13H,4-7,10H2,1-3H3. The van der Waals surface area contributed by atoms with Gasteiger partial charge in [-0.05, 0) is 20.3 Å². The molecule has 0 N–H and O–H groups in total. The molecule has 3 rings (SSSR count). The number of nitrogens with zero attached hydrogens (tertiary/aromatic N) is 4. The van der Waals surface area contributed by atoms with Crippen LogP contribution in [0.15, 0.2) is 12.1 Å². The predicted octanol–water partition coefficient (Wildman–Crippen LogP) is 1.59. The first-order valence-corrected chi connectivity index (χ1v) is 7.37. The summed E-state index contributed by atoms with van der Waals surface area (Å²) < 4.78 is 12.9. The molecule has 1 fully saturated rings. The summed E-state index contributed by atoms with van der Waals surface area (Å²) in [5, 5.41) is 4.56. The second kappa shape index (κ2) is 5.99. The maximum atomic E-state index is 5.81. The van der Waals surface area contributed by atoms with Crippen LogP contribution in [0.3, 0.4) is 0 Å². The zero-order valence-electron chi connectivity index (χ0n) is 12.9. The quantitative estimate of drug-likeness (QED) is 0.856. The van der Waals surface area contributed by atoms with Gasteiger partial charge in [-0.2, -0.15) is 9.61 Å². The van der Waals surface area contributed by atoms with Gasteiger partial charge in [-0.3, -0.25) is 0 Å². The molecule has 0 saturated carbocycles. The van der Waals surface area contributed by atoms with Gasteiger partial charge in [-0.1, -0.05) is 0 Å². The van der Waals surface area contributed by atoms with Gasteiger partial charge in [0.1, 0.15) is 5.82 Å². The number of ether oxygens (including phenoxy) is 2. The Labute approximate surface area is 124 Å². The van der Waals surface area contributed by atoms with Crippen LogP contribution in [0.5, 0.6) is 0 Å². The van der Waals surface area contributed by atoms with Crippen molar-refractivity contribution in [3.8, 4) is 0 Å². The zero-order chi connectivity index (χ0) is 14.8. The summed E-state index contributed by atoms with van der Waals surface area (Å²) in [7, 11) is 1.73. The summed E-state index contributed by atoms with van der Waals surface area (Å²) in [4.78, 5) is 6.87. The van der Waals surface area contributed by atoms with Crippen molar-refractivity contribution < 1.29 is 9.47 Å². The molecule has 114 valence electrons. The molecule has 0 aliphatic carbocycles. The van der Waals surface area contributed by atoms with Gasteiger partial charge < -0.3 is 14.4 Å². The van der Waals surface area contributed by atoms with E-state index in [0.29, 0.717) is 0 Å². The van der Waals surface area contributed by atoms with E-state index in [9.17, 15) is 0 Å². The number of aryl methyl sites for hydroxylation is 2. The number of rotatable bonds is 4. The molecule has 6 heteroatoms. The van der Waals surface area contributed by atoms with Gasteiger partial charge in [0.15, 0.2) is 5.65 Å². The number of hydrogen-bond donors (Lipinski definition) is 0. The molecule has 0 spiro atoms. The highest BCUT2D eigenvalue weighted by atomic mass is 16.5. The number of fused-ring (bicyclic) bond motifs is 1. The molecular weight excluding hydrogens is 268 g/mol. The normalized spacial score (nSPS) is 19.4. The van der Waals surface area contributed by atoms with E-state index in [0.717, 1.165) is 55.6 Å². The second-order valence-corrected chi connectivity index (χ2v) is 5.53. The molecule has 6 nitrogen and oxygen atoms in total. The van der Waals surface area contributed by atoms with Crippen LogP contribution in [-0.2, 0) is 9.47 Å². The summed E-state index contributed by atoms with van der Waals surface area (Å²) in [6, 6.07) is 4.11. The molecule has 3 heterocycles. The van der Waals surface area contributed by atoms with Crippen LogP contribution in [0, 0.1) is 13.8 Å². The lowest BCUT2D eigenvalue weighted by Crippen LogP contribution is -2.43. The van der Waals surface area contributed by atoms with Crippen LogP contribution in [0.25, 0.3) is 5.65 Å². The predicted molar refractivity (Wildman–Crippen MR) is 80.9 cm³/mol. The highest BCUT2D eigenvalue weighted by Gasteiger charge is 2.23. The van der Waals surface area contributed by atoms with E-state index in [1.54, 1.807) is 7.11 Å². The molecular formula is C15H22N4O2. The maximum absolute atomic E-state index is 5.81. The van der Waals surface area contributed by atoms with E-state index in [1.807, 2.05) is 24.4 Å². The van der Waals surface area contributed by atoms with Crippen LogP contribution in [0.4, 0.5) is 5.82 Å². The Balaban J connectivity index is 1.88. The molecule has 1 aliphatic rings. The first-order chi connectivity index (χ1) is 10.2. The van der Waals surface area contributed by atoms with E-state index in [-0.39, 0.29) is 6.10 Å². The van der Waals surface area contributed by atoms with Crippen LogP contribution in [0.1, 0.15) is 17.8 Å². The summed E-state index contributed by atoms with van der Waals surface area (Å²) >= 11 is 0. The Bertz CT molecular complexity index is 625. The molecule has 1 atom stereocenters. The Morgan fingerprint density at radius 1 is 1.33 bits per heavy atom. The lowest BCUT2D eigenvalue weighted by atomic mass is 10.2. The average Bonchev–Trinajstić information content (AvgIpc) is 2.84. The molecule has 2 aromatic rings. The minimum absolute atomic E-state index is 0.207. The Morgan fingerprint density at radius 3 is 3.00 bits per heavy atom. The molecule has 0 radical (unpaired) electrons. The third-order valence-corrected chi connectivity index (χ3v) is 3.77. The first kappa shape index (κ1) is 14.3. The van der Waals surface area contributed by atoms with Gasteiger partial charge in [0.2, 0.25) is 0 Å². The minimum Gasteiger partial charge on any atom is -0.385 e. The fourth-order valence-corrected chi connectivity index (χ4v) is 2.77. The molecule has 0 bridgehead atoms. The van der Waals surface area contributed by atoms with Crippen molar-refractivity contribution in [2.24, 2.45) is 0 Å². The monoisotopic (exact) mass is 290 g/mol. The zero-order valence-corrected chi connectivity index (χ0v) is 12.9. The first-order valence-electron chi connectivity index (χ1n) is 7.37. The van der Waals surface area contributed by atoms with Crippen molar-refractivity contribution in [3.05, 3.63) is 23.5 Å². The number of hydrogen-bond acceptors (Lipinski definition) is 5. The molecule has 1 unspecified atom stereocenters. The summed E-state index contributed by atoms with van der Waals surface area (Å²) in [5.74, 6) is 1.09. The SMILES string of the molecule is COCCC1CN(c2cc(C)nc3cc(C)nn23)CCO1. The Hall–Kier alpha value is -1.66. The van der Waals surface area contributed by atoms with Gasteiger partial charge in [-0.25, -0.2) is 4.98 Å². The average molecular weight is 290 g/mol. The van der Waals surface area contributed by atoms with Crippen molar-refractivity contribution in [1.82, 2.24) is 14.6 Å². The van der Waals surface area contributed by atoms with Gasteiger partial charge in [0, 0.05) is 44.6 Å². The fourth-order valence-electron chi connectivity index (χ4n) is 2.77. The van der Waals surface area contributed by atoms with Gasteiger partial charge >= 0.3 is 0 Å². The number of methoxy groups -OCH3 is 1. The van der Waals surface area contributed by atoms with E-state index < -0.39 is 0 Å². The molecule has 1 aliphatic heterocycles. The van der Waals surface area contributed by atoms with E-state index in [1.165, 1.54) is 0 Å². The minimum atomic E-state index is 0.207. The smallest absolute Gasteiger partial charge is 0.157 e. The van der Waals surface area contributed by atoms with Crippen molar-refractivity contribution in [2.75, 3.05) is 38.3 Å². The summed E-state index contributed by atoms with van der Waals surface area (Å²) in [6.07, 6.45) is 1.12. The molecule has 1 saturated heterocycles. The van der Waals surface area contributed by atoms with Crippen LogP contribution < -0.4 is 4.90 Å². The van der Waals surface area contributed by atoms with Crippen LogP contribution in [-0.4, -0.2) is 54.1 Å². The van der Waals surface area contributed by atoms with Crippen molar-refractivity contribution >= 4 is 11.5 Å². The molecule has 0 amide bonds. The number of morpholine rings is 1. The summed E-state index contributed by atoms with van der Waals surface area (Å²) in [6.45, 7) is 7.21. The van der Waals surface area contributed by atoms with Gasteiger partial charge in [0.25, 0.3) is 0 Å². The molecule has 21 heavy (non-hydrogen) atoms. The third-order valence-electron chi connectivity index (χ3n) is 3.77. The lowest BCUT2D eigenvalue weighted by molar-refractivity contribution is 0.0188. The summed E-state index contributed by atoms with van der Waals surface area (Å²) in [5.41, 5.74) is 2.90. The highest BCUT2D eigenvalue weighted by molar-refractivity contribution is 5.52. The van der Waals surface area contributed by atoms with E-state index in [2.05, 4.69) is 21.0 Å². The number of anilines is 1. The topological polar surface area (TPSA) is 51.9 Å². The Kier molecular flexibility index (Phi) is 4.07. The Morgan fingerprint density at radius 2 is 2.19 bits per heavy atom. The van der Waals surface area contributed by atoms with Crippen LogP contribution in [0.2, 0.25) is 0 Å². The maximum Gasteiger partial charge on any atom is 0.157 e.